The minimum atomic E-state index is -3.88. The van der Waals surface area contributed by atoms with Crippen molar-refractivity contribution in [1.82, 2.24) is 34.7 Å². The van der Waals surface area contributed by atoms with Crippen LogP contribution in [0.15, 0.2) is 82.6 Å². The molecule has 3 N–H and O–H groups in total. The van der Waals surface area contributed by atoms with E-state index < -0.39 is 16.1 Å². The number of benzene rings is 2. The number of pyridine rings is 1. The second-order valence-corrected chi connectivity index (χ2v) is 15.6. The molecular weight excluding hydrogens is 681 g/mol. The van der Waals surface area contributed by atoms with Gasteiger partial charge in [-0.15, -0.1) is 0 Å². The molecule has 3 aromatic heterocycles. The first kappa shape index (κ1) is 35.6. The molecule has 2 atom stereocenters. The maximum atomic E-state index is 13.3. The molecular formula is C38H46N8O5S. The molecule has 1 aliphatic heterocycles. The molecule has 0 radical (unpaired) electrons. The van der Waals surface area contributed by atoms with Crippen molar-refractivity contribution in [1.29, 1.82) is 0 Å². The highest BCUT2D eigenvalue weighted by Gasteiger charge is 2.24. The average Bonchev–Trinajstić information content (AvgIpc) is 3.89. The maximum absolute atomic E-state index is 13.3. The molecule has 0 amide bonds. The number of sulfonamides is 1. The van der Waals surface area contributed by atoms with Crippen LogP contribution < -0.4 is 20.5 Å². The van der Waals surface area contributed by atoms with Gasteiger partial charge in [0.15, 0.2) is 0 Å². The van der Waals surface area contributed by atoms with Gasteiger partial charge in [0.25, 0.3) is 10.0 Å². The van der Waals surface area contributed by atoms with Gasteiger partial charge in [0.1, 0.15) is 17.7 Å². The summed E-state index contributed by atoms with van der Waals surface area (Å²) < 4.78 is 40.1. The summed E-state index contributed by atoms with van der Waals surface area (Å²) in [6, 6.07) is 19.3. The highest BCUT2D eigenvalue weighted by Crippen LogP contribution is 2.31. The van der Waals surface area contributed by atoms with E-state index in [-0.39, 0.29) is 16.7 Å². The van der Waals surface area contributed by atoms with Crippen molar-refractivity contribution in [2.75, 3.05) is 17.8 Å². The summed E-state index contributed by atoms with van der Waals surface area (Å²) in [5.41, 5.74) is 4.30. The van der Waals surface area contributed by atoms with Crippen molar-refractivity contribution in [2.45, 2.75) is 88.9 Å². The van der Waals surface area contributed by atoms with Crippen molar-refractivity contribution in [3.05, 3.63) is 106 Å². The normalized spacial score (nSPS) is 16.8. The molecule has 274 valence electrons. The topological polar surface area (TPSA) is 158 Å². The number of nitrogens with one attached hydrogen (secondary N) is 2. The number of rotatable bonds is 14. The number of aromatic nitrogens is 6. The molecule has 7 rings (SSSR count). The Morgan fingerprint density at radius 3 is 2.46 bits per heavy atom. The van der Waals surface area contributed by atoms with E-state index in [1.54, 1.807) is 42.6 Å². The van der Waals surface area contributed by atoms with Crippen LogP contribution in [0.5, 0.6) is 5.75 Å². The number of fused-ring (bicyclic) bond motifs is 1. The summed E-state index contributed by atoms with van der Waals surface area (Å²) in [6.45, 7) is 5.48. The zero-order valence-corrected chi connectivity index (χ0v) is 30.4. The minimum absolute atomic E-state index is 0.120. The van der Waals surface area contributed by atoms with Crippen LogP contribution >= 0.6 is 0 Å². The molecule has 1 fully saturated rings. The number of tetrazole rings is 1. The lowest BCUT2D eigenvalue weighted by Gasteiger charge is -2.27. The van der Waals surface area contributed by atoms with E-state index in [4.69, 9.17) is 4.74 Å². The van der Waals surface area contributed by atoms with E-state index in [1.807, 2.05) is 26.0 Å². The van der Waals surface area contributed by atoms with Crippen LogP contribution in [-0.4, -0.2) is 62.1 Å². The Hall–Kier alpha value is -4.79. The van der Waals surface area contributed by atoms with Gasteiger partial charge in [-0.3, -0.25) is 4.72 Å². The first-order valence-corrected chi connectivity index (χ1v) is 19.6. The number of aliphatic hydroxyl groups is 1. The van der Waals surface area contributed by atoms with Crippen molar-refractivity contribution >= 4 is 15.7 Å². The molecule has 1 aliphatic carbocycles. The largest absolute Gasteiger partial charge is 0.489 e. The molecule has 2 aliphatic rings. The summed E-state index contributed by atoms with van der Waals surface area (Å²) in [4.78, 5) is 17.6. The van der Waals surface area contributed by atoms with Crippen molar-refractivity contribution in [3.8, 4) is 17.3 Å². The fourth-order valence-corrected chi connectivity index (χ4v) is 8.39. The van der Waals surface area contributed by atoms with Crippen LogP contribution in [0, 0.1) is 19.8 Å². The highest BCUT2D eigenvalue weighted by molar-refractivity contribution is 7.92. The Morgan fingerprint density at radius 1 is 0.962 bits per heavy atom. The molecule has 0 bridgehead atoms. The lowest BCUT2D eigenvalue weighted by atomic mass is 10.0. The van der Waals surface area contributed by atoms with Gasteiger partial charge in [-0.05, 0) is 122 Å². The fourth-order valence-electron chi connectivity index (χ4n) is 7.28. The molecule has 0 saturated heterocycles. The molecule has 4 heterocycles. The molecule has 2 unspecified atom stereocenters. The summed E-state index contributed by atoms with van der Waals surface area (Å²) in [5, 5.41) is 22.1. The molecule has 13 nitrogen and oxygen atoms in total. The molecule has 1 saturated carbocycles. The molecule has 0 spiro atoms. The van der Waals surface area contributed by atoms with Gasteiger partial charge in [0.2, 0.25) is 0 Å². The zero-order valence-electron chi connectivity index (χ0n) is 29.6. The standard InChI is InChI=1S/C38H46N8O5S/c1-26-9-10-27(2)45(26)37-20-12-30(23-40-37)35(47)25-39-24-33-17-11-29-22-34(18-19-36(29)51-33)52(49,50)41-31-13-15-32(16-14-31)46-38(48)44(42-43-46)21-5-8-28-6-3-4-7-28/h9-10,12-16,18-20,22-23,28,33,35,39,41,47H,3-8,11,17,21,24-25H2,1-2H3. The number of aliphatic hydroxyl groups excluding tert-OH is 1. The summed E-state index contributed by atoms with van der Waals surface area (Å²) >= 11 is 0. The van der Waals surface area contributed by atoms with E-state index in [0.29, 0.717) is 49.6 Å². The Balaban J connectivity index is 0.895. The Labute approximate surface area is 303 Å². The Bertz CT molecular complexity index is 2130. The van der Waals surface area contributed by atoms with Gasteiger partial charge >= 0.3 is 5.69 Å². The van der Waals surface area contributed by atoms with Gasteiger partial charge in [0, 0.05) is 48.5 Å². The predicted octanol–water partition coefficient (Wildman–Crippen LogP) is 5.02. The second kappa shape index (κ2) is 15.4. The van der Waals surface area contributed by atoms with E-state index in [1.165, 1.54) is 41.1 Å². The van der Waals surface area contributed by atoms with E-state index in [0.717, 1.165) is 47.1 Å². The Kier molecular flexibility index (Phi) is 10.6. The van der Waals surface area contributed by atoms with Gasteiger partial charge in [-0.25, -0.2) is 18.2 Å². The summed E-state index contributed by atoms with van der Waals surface area (Å²) in [7, 11) is -3.88. The Morgan fingerprint density at radius 2 is 1.73 bits per heavy atom. The molecule has 5 aromatic rings. The van der Waals surface area contributed by atoms with Crippen LogP contribution in [0.25, 0.3) is 11.5 Å². The summed E-state index contributed by atoms with van der Waals surface area (Å²) in [5.74, 6) is 2.21. The number of hydrogen-bond donors (Lipinski definition) is 3. The zero-order chi connectivity index (χ0) is 36.2. The third-order valence-corrected chi connectivity index (χ3v) is 11.6. The maximum Gasteiger partial charge on any atom is 0.368 e. The van der Waals surface area contributed by atoms with Crippen LogP contribution in [0.1, 0.15) is 73.6 Å². The van der Waals surface area contributed by atoms with Crippen molar-refractivity contribution < 1.29 is 18.3 Å². The number of ether oxygens (including phenoxy) is 1. The van der Waals surface area contributed by atoms with Crippen molar-refractivity contribution in [3.63, 3.8) is 0 Å². The monoisotopic (exact) mass is 726 g/mol. The smallest absolute Gasteiger partial charge is 0.368 e. The lowest BCUT2D eigenvalue weighted by Crippen LogP contribution is -2.36. The molecule has 14 heteroatoms. The first-order chi connectivity index (χ1) is 25.1. The SMILES string of the molecule is Cc1ccc(C)n1-c1ccc(C(O)CNCC2CCc3cc(S(=O)(=O)Nc4ccc(-n5nnn(CCCC6CCCC6)c5=O)cc4)ccc3O2)cn1. The second-order valence-electron chi connectivity index (χ2n) is 14.0. The third-order valence-electron chi connectivity index (χ3n) is 10.2. The average molecular weight is 727 g/mol. The quantitative estimate of drug-likeness (QED) is 0.143. The van der Waals surface area contributed by atoms with E-state index in [9.17, 15) is 18.3 Å². The molecule has 2 aromatic carbocycles. The number of anilines is 1. The van der Waals surface area contributed by atoms with Gasteiger partial charge in [-0.1, -0.05) is 31.7 Å². The minimum Gasteiger partial charge on any atom is -0.489 e. The predicted molar refractivity (Wildman–Crippen MR) is 198 cm³/mol. The van der Waals surface area contributed by atoms with Crippen LogP contribution in [0.2, 0.25) is 0 Å². The fraction of sp³-hybridized carbons (Fsp3) is 0.421. The van der Waals surface area contributed by atoms with Gasteiger partial charge in [0.05, 0.1) is 16.7 Å². The first-order valence-electron chi connectivity index (χ1n) is 18.1. The number of nitrogens with zero attached hydrogens (tertiary/aromatic N) is 6. The van der Waals surface area contributed by atoms with E-state index >= 15 is 0 Å². The molecule has 52 heavy (non-hydrogen) atoms. The lowest BCUT2D eigenvalue weighted by molar-refractivity contribution is 0.146. The third kappa shape index (κ3) is 7.98. The number of hydrogen-bond acceptors (Lipinski definition) is 9. The van der Waals surface area contributed by atoms with Crippen molar-refractivity contribution in [2.24, 2.45) is 5.92 Å². The van der Waals surface area contributed by atoms with E-state index in [2.05, 4.69) is 42.1 Å². The summed E-state index contributed by atoms with van der Waals surface area (Å²) in [6.07, 6.45) is 9.36. The highest BCUT2D eigenvalue weighted by atomic mass is 32.2. The number of aryl methyl sites for hydroxylation is 4. The van der Waals surface area contributed by atoms with Gasteiger partial charge < -0.3 is 19.7 Å². The van der Waals surface area contributed by atoms with Crippen LogP contribution in [-0.2, 0) is 23.0 Å². The van der Waals surface area contributed by atoms with Crippen LogP contribution in [0.3, 0.4) is 0 Å². The van der Waals surface area contributed by atoms with Crippen LogP contribution in [0.4, 0.5) is 5.69 Å². The van der Waals surface area contributed by atoms with Gasteiger partial charge in [-0.2, -0.15) is 9.36 Å².